The average molecular weight is 241 g/mol. The minimum absolute atomic E-state index is 0. The number of aromatic hydroxyl groups is 1. The Kier molecular flexibility index (Phi) is 5.37. The van der Waals surface area contributed by atoms with E-state index in [0.29, 0.717) is 11.1 Å². The molecule has 0 unspecified atom stereocenters. The molecule has 86 valence electrons. The molecule has 0 spiro atoms. The van der Waals surface area contributed by atoms with Gasteiger partial charge in [-0.2, -0.15) is 5.26 Å². The van der Waals surface area contributed by atoms with Gasteiger partial charge in [-0.1, -0.05) is 6.08 Å². The van der Waals surface area contributed by atoms with Crippen molar-refractivity contribution in [3.05, 3.63) is 35.9 Å². The van der Waals surface area contributed by atoms with Gasteiger partial charge in [-0.25, -0.2) is 0 Å². The van der Waals surface area contributed by atoms with E-state index in [1.54, 1.807) is 0 Å². The van der Waals surface area contributed by atoms with Crippen molar-refractivity contribution < 1.29 is 9.84 Å². The first-order valence-corrected chi connectivity index (χ1v) is 4.33. The maximum absolute atomic E-state index is 9.75. The van der Waals surface area contributed by atoms with E-state index in [4.69, 9.17) is 15.7 Å². The van der Waals surface area contributed by atoms with Gasteiger partial charge in [-0.15, -0.1) is 19.0 Å². The Morgan fingerprint density at radius 2 is 2.25 bits per heavy atom. The van der Waals surface area contributed by atoms with Gasteiger partial charge >= 0.3 is 0 Å². The van der Waals surface area contributed by atoms with E-state index in [2.05, 4.69) is 6.58 Å². The van der Waals surface area contributed by atoms with E-state index >= 15 is 0 Å². The third-order valence-electron chi connectivity index (χ3n) is 2.07. The fraction of sp³-hybridized carbons (Fsp3) is 0.182. The van der Waals surface area contributed by atoms with Gasteiger partial charge in [-0.05, 0) is 6.07 Å². The van der Waals surface area contributed by atoms with E-state index in [1.807, 2.05) is 6.07 Å². The highest BCUT2D eigenvalue weighted by Crippen LogP contribution is 2.34. The lowest BCUT2D eigenvalue weighted by Gasteiger charge is -2.12. The van der Waals surface area contributed by atoms with Crippen LogP contribution in [0.4, 0.5) is 0 Å². The Morgan fingerprint density at radius 1 is 1.62 bits per heavy atom. The minimum atomic E-state index is -0.521. The van der Waals surface area contributed by atoms with Crippen LogP contribution in [0.3, 0.4) is 0 Å². The van der Waals surface area contributed by atoms with Crippen molar-refractivity contribution in [2.24, 2.45) is 5.73 Å². The van der Waals surface area contributed by atoms with Crippen LogP contribution in [0.15, 0.2) is 24.8 Å². The van der Waals surface area contributed by atoms with Crippen molar-refractivity contribution in [2.45, 2.75) is 6.04 Å². The summed E-state index contributed by atoms with van der Waals surface area (Å²) in [4.78, 5) is 0. The highest BCUT2D eigenvalue weighted by atomic mass is 35.5. The number of halogens is 1. The summed E-state index contributed by atoms with van der Waals surface area (Å²) in [5.41, 5.74) is 6.52. The first-order valence-electron chi connectivity index (χ1n) is 4.33. The van der Waals surface area contributed by atoms with Crippen LogP contribution in [0.1, 0.15) is 17.2 Å². The summed E-state index contributed by atoms with van der Waals surface area (Å²) in [6, 6.07) is 4.42. The number of nitrogens with zero attached hydrogens (tertiary/aromatic N) is 1. The van der Waals surface area contributed by atoms with Crippen molar-refractivity contribution in [2.75, 3.05) is 7.11 Å². The van der Waals surface area contributed by atoms with E-state index in [1.165, 1.54) is 25.3 Å². The van der Waals surface area contributed by atoms with Crippen molar-refractivity contribution in [1.82, 2.24) is 0 Å². The molecule has 5 heteroatoms. The van der Waals surface area contributed by atoms with Gasteiger partial charge in [0.1, 0.15) is 0 Å². The molecule has 1 aromatic rings. The fourth-order valence-electron chi connectivity index (χ4n) is 1.23. The number of methoxy groups -OCH3 is 1. The highest BCUT2D eigenvalue weighted by molar-refractivity contribution is 5.85. The lowest BCUT2D eigenvalue weighted by atomic mass is 10.0. The molecule has 4 nitrogen and oxygen atoms in total. The van der Waals surface area contributed by atoms with Crippen molar-refractivity contribution in [1.29, 1.82) is 5.26 Å². The van der Waals surface area contributed by atoms with Crippen molar-refractivity contribution in [3.63, 3.8) is 0 Å². The number of hydrogen-bond acceptors (Lipinski definition) is 4. The zero-order valence-electron chi connectivity index (χ0n) is 8.80. The zero-order valence-corrected chi connectivity index (χ0v) is 9.62. The topological polar surface area (TPSA) is 79.3 Å². The van der Waals surface area contributed by atoms with Crippen LogP contribution in [-0.4, -0.2) is 12.2 Å². The van der Waals surface area contributed by atoms with Crippen LogP contribution in [0.25, 0.3) is 0 Å². The molecule has 0 saturated carbocycles. The molecule has 0 aliphatic heterocycles. The number of phenolic OH excluding ortho intramolecular Hbond substituents is 1. The van der Waals surface area contributed by atoms with Gasteiger partial charge in [-0.3, -0.25) is 0 Å². The van der Waals surface area contributed by atoms with Crippen molar-refractivity contribution >= 4 is 12.4 Å². The third kappa shape index (κ3) is 2.66. The predicted octanol–water partition coefficient (Wildman–Crippen LogP) is 1.88. The number of ether oxygens (including phenoxy) is 1. The van der Waals surface area contributed by atoms with Crippen LogP contribution in [-0.2, 0) is 0 Å². The van der Waals surface area contributed by atoms with Gasteiger partial charge in [0, 0.05) is 11.6 Å². The Bertz CT molecular complexity index is 427. The minimum Gasteiger partial charge on any atom is -0.504 e. The summed E-state index contributed by atoms with van der Waals surface area (Å²) < 4.78 is 4.93. The van der Waals surface area contributed by atoms with Gasteiger partial charge in [0.25, 0.3) is 0 Å². The van der Waals surface area contributed by atoms with Gasteiger partial charge < -0.3 is 15.6 Å². The number of benzene rings is 1. The molecule has 0 heterocycles. The molecule has 0 radical (unpaired) electrons. The van der Waals surface area contributed by atoms with E-state index in [0.717, 1.165) is 0 Å². The molecule has 1 rings (SSSR count). The summed E-state index contributed by atoms with van der Waals surface area (Å²) in [7, 11) is 1.42. The lowest BCUT2D eigenvalue weighted by Crippen LogP contribution is -2.07. The molecule has 16 heavy (non-hydrogen) atoms. The quantitative estimate of drug-likeness (QED) is 0.791. The zero-order chi connectivity index (χ0) is 11.4. The fourth-order valence-corrected chi connectivity index (χ4v) is 1.23. The number of nitriles is 1. The lowest BCUT2D eigenvalue weighted by molar-refractivity contribution is 0.369. The van der Waals surface area contributed by atoms with Gasteiger partial charge in [0.15, 0.2) is 11.5 Å². The average Bonchev–Trinajstić information content (AvgIpc) is 2.28. The first-order chi connectivity index (χ1) is 7.13. The summed E-state index contributed by atoms with van der Waals surface area (Å²) in [6.07, 6.45) is 1.48. The molecule has 1 atom stereocenters. The number of nitrogens with two attached hydrogens (primary N) is 1. The molecule has 0 aliphatic rings. The number of phenols is 1. The first kappa shape index (κ1) is 14.3. The van der Waals surface area contributed by atoms with E-state index in [-0.39, 0.29) is 23.9 Å². The molecule has 3 N–H and O–H groups in total. The second-order valence-electron chi connectivity index (χ2n) is 2.99. The number of hydrogen-bond donors (Lipinski definition) is 2. The van der Waals surface area contributed by atoms with Crippen molar-refractivity contribution in [3.8, 4) is 17.6 Å². The largest absolute Gasteiger partial charge is 0.504 e. The van der Waals surface area contributed by atoms with E-state index < -0.39 is 6.04 Å². The van der Waals surface area contributed by atoms with Crippen LogP contribution in [0.5, 0.6) is 11.5 Å². The monoisotopic (exact) mass is 240 g/mol. The van der Waals surface area contributed by atoms with Gasteiger partial charge in [0.2, 0.25) is 0 Å². The Labute approximate surface area is 100 Å². The predicted molar refractivity (Wildman–Crippen MR) is 63.7 cm³/mol. The van der Waals surface area contributed by atoms with E-state index in [9.17, 15) is 5.11 Å². The molecule has 0 aromatic heterocycles. The second-order valence-corrected chi connectivity index (χ2v) is 2.99. The van der Waals surface area contributed by atoms with Crippen LogP contribution >= 0.6 is 12.4 Å². The second kappa shape index (κ2) is 6.01. The molecule has 0 bridgehead atoms. The summed E-state index contributed by atoms with van der Waals surface area (Å²) >= 11 is 0. The molecule has 1 aromatic carbocycles. The molecular weight excluding hydrogens is 228 g/mol. The van der Waals surface area contributed by atoms with Crippen LogP contribution < -0.4 is 10.5 Å². The highest BCUT2D eigenvalue weighted by Gasteiger charge is 2.14. The van der Waals surface area contributed by atoms with Crippen LogP contribution in [0, 0.1) is 11.3 Å². The smallest absolute Gasteiger partial charge is 0.162 e. The summed E-state index contributed by atoms with van der Waals surface area (Å²) in [6.45, 7) is 3.53. The summed E-state index contributed by atoms with van der Waals surface area (Å²) in [5, 5.41) is 18.5. The maximum Gasteiger partial charge on any atom is 0.162 e. The molecule has 0 fully saturated rings. The molecule has 0 amide bonds. The standard InChI is InChI=1S/C11H12N2O2.ClH/c1-3-9(13)8-4-7(6-12)5-10(15-2)11(8)14;/h3-5,9,14H,1,13H2,2H3;1H/t9-;/m0./s1. The Balaban J connectivity index is 0.00000225. The third-order valence-corrected chi connectivity index (χ3v) is 2.07. The Morgan fingerprint density at radius 3 is 2.69 bits per heavy atom. The number of rotatable bonds is 3. The maximum atomic E-state index is 9.75. The van der Waals surface area contributed by atoms with Crippen LogP contribution in [0.2, 0.25) is 0 Å². The normalized spacial score (nSPS) is 10.8. The summed E-state index contributed by atoms with van der Waals surface area (Å²) in [5.74, 6) is 0.185. The SMILES string of the molecule is C=C[C@H](N)c1cc(C#N)cc(OC)c1O.Cl. The van der Waals surface area contributed by atoms with Gasteiger partial charge in [0.05, 0.1) is 24.8 Å². The Hall–Kier alpha value is -1.70. The molecule has 0 saturated heterocycles. The molecule has 0 aliphatic carbocycles. The molecular formula is C11H13ClN2O2.